The van der Waals surface area contributed by atoms with Crippen LogP contribution in [-0.4, -0.2) is 18.6 Å². The van der Waals surface area contributed by atoms with Crippen molar-refractivity contribution in [1.82, 2.24) is 10.2 Å². The molecule has 2 heterocycles. The minimum atomic E-state index is -3.88. The Kier molecular flexibility index (Phi) is 3.84. The molecule has 0 aliphatic heterocycles. The van der Waals surface area contributed by atoms with E-state index in [4.69, 9.17) is 4.42 Å². The number of nitrogens with zero attached hydrogens (tertiary/aromatic N) is 2. The highest BCUT2D eigenvalue weighted by Crippen LogP contribution is 2.41. The summed E-state index contributed by atoms with van der Waals surface area (Å²) >= 11 is 1.35. The normalized spacial score (nSPS) is 14.6. The SMILES string of the molecule is Cc1sc(-c2nnc(C3CC3)o2)cc1NS(=O)(=O)c1cccc(F)c1. The van der Waals surface area contributed by atoms with E-state index in [2.05, 4.69) is 14.9 Å². The molecule has 3 aromatic rings. The van der Waals surface area contributed by atoms with Gasteiger partial charge in [0, 0.05) is 10.8 Å². The molecule has 0 atom stereocenters. The quantitative estimate of drug-likeness (QED) is 0.726. The minimum absolute atomic E-state index is 0.131. The summed E-state index contributed by atoms with van der Waals surface area (Å²) < 4.78 is 46.3. The van der Waals surface area contributed by atoms with Crippen molar-refractivity contribution in [2.45, 2.75) is 30.6 Å². The molecule has 1 N–H and O–H groups in total. The lowest BCUT2D eigenvalue weighted by Crippen LogP contribution is -2.13. The van der Waals surface area contributed by atoms with E-state index in [1.54, 1.807) is 13.0 Å². The van der Waals surface area contributed by atoms with Gasteiger partial charge in [-0.15, -0.1) is 21.5 Å². The van der Waals surface area contributed by atoms with Crippen molar-refractivity contribution in [3.8, 4) is 10.8 Å². The van der Waals surface area contributed by atoms with Crippen molar-refractivity contribution in [3.63, 3.8) is 0 Å². The number of nitrogens with one attached hydrogen (secondary N) is 1. The number of aryl methyl sites for hydroxylation is 1. The molecule has 1 aliphatic rings. The maximum atomic E-state index is 13.3. The average molecular weight is 379 g/mol. The first kappa shape index (κ1) is 16.2. The highest BCUT2D eigenvalue weighted by Gasteiger charge is 2.30. The van der Waals surface area contributed by atoms with E-state index in [0.717, 1.165) is 23.8 Å². The Morgan fingerprint density at radius 1 is 1.28 bits per heavy atom. The van der Waals surface area contributed by atoms with Crippen molar-refractivity contribution in [1.29, 1.82) is 0 Å². The fraction of sp³-hybridized carbons (Fsp3) is 0.250. The molecule has 0 unspecified atom stereocenters. The van der Waals surface area contributed by atoms with E-state index >= 15 is 0 Å². The summed E-state index contributed by atoms with van der Waals surface area (Å²) in [7, 11) is -3.88. The van der Waals surface area contributed by atoms with E-state index in [1.165, 1.54) is 29.5 Å². The molecule has 0 amide bonds. The molecule has 25 heavy (non-hydrogen) atoms. The standard InChI is InChI=1S/C16H14FN3O3S2/c1-9-13(20-25(21,22)12-4-2-3-11(17)7-12)8-14(24-9)16-19-18-15(23-16)10-5-6-10/h2-4,7-8,10,20H,5-6H2,1H3. The van der Waals surface area contributed by atoms with Crippen LogP contribution in [-0.2, 0) is 10.0 Å². The van der Waals surface area contributed by atoms with Crippen molar-refractivity contribution in [2.24, 2.45) is 0 Å². The smallest absolute Gasteiger partial charge is 0.262 e. The predicted molar refractivity (Wildman–Crippen MR) is 91.5 cm³/mol. The Morgan fingerprint density at radius 3 is 2.80 bits per heavy atom. The highest BCUT2D eigenvalue weighted by molar-refractivity contribution is 7.92. The van der Waals surface area contributed by atoms with Crippen LogP contribution in [0.4, 0.5) is 10.1 Å². The first-order chi connectivity index (χ1) is 11.9. The fourth-order valence-electron chi connectivity index (χ4n) is 2.36. The largest absolute Gasteiger partial charge is 0.420 e. The van der Waals surface area contributed by atoms with Crippen molar-refractivity contribution in [2.75, 3.05) is 4.72 Å². The van der Waals surface area contributed by atoms with Crippen LogP contribution in [0, 0.1) is 12.7 Å². The summed E-state index contributed by atoms with van der Waals surface area (Å²) in [4.78, 5) is 1.31. The minimum Gasteiger partial charge on any atom is -0.420 e. The number of halogens is 1. The number of sulfonamides is 1. The zero-order chi connectivity index (χ0) is 17.6. The van der Waals surface area contributed by atoms with Gasteiger partial charge in [-0.1, -0.05) is 6.07 Å². The van der Waals surface area contributed by atoms with Gasteiger partial charge in [0.25, 0.3) is 15.9 Å². The van der Waals surface area contributed by atoms with E-state index in [-0.39, 0.29) is 4.90 Å². The van der Waals surface area contributed by atoms with Crippen LogP contribution >= 0.6 is 11.3 Å². The Morgan fingerprint density at radius 2 is 2.08 bits per heavy atom. The first-order valence-electron chi connectivity index (χ1n) is 7.65. The first-order valence-corrected chi connectivity index (χ1v) is 9.95. The van der Waals surface area contributed by atoms with Crippen molar-refractivity contribution >= 4 is 27.0 Å². The zero-order valence-electron chi connectivity index (χ0n) is 13.2. The molecular weight excluding hydrogens is 365 g/mol. The lowest BCUT2D eigenvalue weighted by molar-refractivity contribution is 0.509. The Bertz CT molecular complexity index is 1040. The Labute approximate surface area is 147 Å². The predicted octanol–water partition coefficient (Wildman–Crippen LogP) is 3.92. The highest BCUT2D eigenvalue weighted by atomic mass is 32.2. The third-order valence-corrected chi connectivity index (χ3v) is 6.25. The zero-order valence-corrected chi connectivity index (χ0v) is 14.8. The van der Waals surface area contributed by atoms with Gasteiger partial charge >= 0.3 is 0 Å². The number of benzene rings is 1. The van der Waals surface area contributed by atoms with E-state index in [0.29, 0.717) is 28.3 Å². The van der Waals surface area contributed by atoms with Gasteiger partial charge in [-0.05, 0) is 44.0 Å². The van der Waals surface area contributed by atoms with Crippen LogP contribution in [0.3, 0.4) is 0 Å². The number of thiophene rings is 1. The van der Waals surface area contributed by atoms with E-state index in [1.807, 2.05) is 0 Å². The molecule has 9 heteroatoms. The van der Waals surface area contributed by atoms with Gasteiger partial charge < -0.3 is 4.42 Å². The molecule has 1 aromatic carbocycles. The molecule has 130 valence electrons. The molecule has 2 aromatic heterocycles. The van der Waals surface area contributed by atoms with Crippen molar-refractivity contribution < 1.29 is 17.2 Å². The molecule has 1 fully saturated rings. The molecule has 0 bridgehead atoms. The van der Waals surface area contributed by atoms with Gasteiger partial charge in [0.1, 0.15) is 5.82 Å². The Hall–Kier alpha value is -2.26. The molecule has 1 aliphatic carbocycles. The van der Waals surface area contributed by atoms with Gasteiger partial charge in [-0.25, -0.2) is 12.8 Å². The van der Waals surface area contributed by atoms with Gasteiger partial charge in [0.2, 0.25) is 5.89 Å². The molecule has 6 nitrogen and oxygen atoms in total. The number of hydrogen-bond donors (Lipinski definition) is 1. The van der Waals surface area contributed by atoms with Crippen LogP contribution < -0.4 is 4.72 Å². The summed E-state index contributed by atoms with van der Waals surface area (Å²) in [6, 6.07) is 6.52. The van der Waals surface area contributed by atoms with Crippen molar-refractivity contribution in [3.05, 3.63) is 46.9 Å². The second kappa shape index (κ2) is 5.92. The van der Waals surface area contributed by atoms with Crippen LogP contribution in [0.2, 0.25) is 0 Å². The summed E-state index contributed by atoms with van der Waals surface area (Å²) in [6.45, 7) is 1.79. The number of aromatic nitrogens is 2. The molecule has 0 spiro atoms. The summed E-state index contributed by atoms with van der Waals surface area (Å²) in [6.07, 6.45) is 2.12. The van der Waals surface area contributed by atoms with Crippen LogP contribution in [0.5, 0.6) is 0 Å². The molecule has 0 saturated heterocycles. The summed E-state index contributed by atoms with van der Waals surface area (Å²) in [5.41, 5.74) is 0.412. The van der Waals surface area contributed by atoms with Gasteiger partial charge in [0.05, 0.1) is 15.5 Å². The topological polar surface area (TPSA) is 85.1 Å². The molecule has 4 rings (SSSR count). The summed E-state index contributed by atoms with van der Waals surface area (Å²) in [5, 5.41) is 8.07. The second-order valence-corrected chi connectivity index (χ2v) is 8.80. The second-order valence-electron chi connectivity index (χ2n) is 5.86. The van der Waals surface area contributed by atoms with E-state index < -0.39 is 15.8 Å². The lowest BCUT2D eigenvalue weighted by atomic mass is 10.4. The van der Waals surface area contributed by atoms with E-state index in [9.17, 15) is 12.8 Å². The Balaban J connectivity index is 1.61. The average Bonchev–Trinajstić information content (AvgIpc) is 3.19. The van der Waals surface area contributed by atoms with Crippen LogP contribution in [0.1, 0.15) is 29.5 Å². The summed E-state index contributed by atoms with van der Waals surface area (Å²) in [5.74, 6) is 0.756. The van der Waals surface area contributed by atoms with Gasteiger partial charge in [0.15, 0.2) is 0 Å². The fourth-order valence-corrected chi connectivity index (χ4v) is 4.46. The number of anilines is 1. The number of rotatable bonds is 5. The lowest BCUT2D eigenvalue weighted by Gasteiger charge is -2.07. The molecular formula is C16H14FN3O3S2. The third kappa shape index (κ3) is 3.29. The maximum absolute atomic E-state index is 13.3. The molecule has 1 saturated carbocycles. The molecule has 0 radical (unpaired) electrons. The maximum Gasteiger partial charge on any atom is 0.262 e. The monoisotopic (exact) mass is 379 g/mol. The van der Waals surface area contributed by atoms with Crippen LogP contribution in [0.25, 0.3) is 10.8 Å². The third-order valence-electron chi connectivity index (χ3n) is 3.85. The van der Waals surface area contributed by atoms with Gasteiger partial charge in [-0.2, -0.15) is 0 Å². The van der Waals surface area contributed by atoms with Gasteiger partial charge in [-0.3, -0.25) is 4.72 Å². The van der Waals surface area contributed by atoms with Crippen LogP contribution in [0.15, 0.2) is 39.6 Å². The number of hydrogen-bond acceptors (Lipinski definition) is 6.